The van der Waals surface area contributed by atoms with Crippen molar-refractivity contribution >= 4 is 39.8 Å². The maximum absolute atomic E-state index is 12.2. The summed E-state index contributed by atoms with van der Waals surface area (Å²) in [6, 6.07) is 3.08. The first-order valence-electron chi connectivity index (χ1n) is 6.87. The van der Waals surface area contributed by atoms with Crippen LogP contribution in [0.5, 0.6) is 0 Å². The molecular formula is C15H13ClN2O3S. The van der Waals surface area contributed by atoms with Gasteiger partial charge in [0.15, 0.2) is 0 Å². The van der Waals surface area contributed by atoms with E-state index in [2.05, 4.69) is 10.3 Å². The lowest BCUT2D eigenvalue weighted by Gasteiger charge is -2.10. The Balaban J connectivity index is 1.91. The van der Waals surface area contributed by atoms with Crippen molar-refractivity contribution in [2.24, 2.45) is 0 Å². The number of amides is 1. The average Bonchev–Trinajstić information content (AvgIpc) is 2.85. The van der Waals surface area contributed by atoms with Gasteiger partial charge in [0.25, 0.3) is 5.91 Å². The average molecular weight is 337 g/mol. The highest BCUT2D eigenvalue weighted by atomic mass is 35.5. The molecule has 1 aliphatic carbocycles. The molecule has 7 heteroatoms. The molecule has 0 unspecified atom stereocenters. The highest BCUT2D eigenvalue weighted by Gasteiger charge is 2.26. The van der Waals surface area contributed by atoms with Gasteiger partial charge in [-0.05, 0) is 43.4 Å². The fourth-order valence-corrected chi connectivity index (χ4v) is 3.95. The summed E-state index contributed by atoms with van der Waals surface area (Å²) in [5.74, 6) is -1.43. The molecular weight excluding hydrogens is 324 g/mol. The molecule has 5 nitrogen and oxygen atoms in total. The van der Waals surface area contributed by atoms with Gasteiger partial charge < -0.3 is 10.4 Å². The number of pyridine rings is 1. The summed E-state index contributed by atoms with van der Waals surface area (Å²) in [7, 11) is 0. The highest BCUT2D eigenvalue weighted by molar-refractivity contribution is 7.17. The van der Waals surface area contributed by atoms with E-state index in [-0.39, 0.29) is 11.3 Å². The predicted octanol–water partition coefficient (Wildman–Crippen LogP) is 3.63. The zero-order valence-corrected chi connectivity index (χ0v) is 13.1. The van der Waals surface area contributed by atoms with Gasteiger partial charge in [0.2, 0.25) is 0 Å². The van der Waals surface area contributed by atoms with Crippen LogP contribution in [0.4, 0.5) is 5.00 Å². The molecule has 2 aromatic heterocycles. The zero-order chi connectivity index (χ0) is 15.7. The van der Waals surface area contributed by atoms with Gasteiger partial charge in [0.05, 0.1) is 10.6 Å². The largest absolute Gasteiger partial charge is 0.478 e. The number of carbonyl (C=O) groups excluding carboxylic acids is 1. The number of halogens is 1. The summed E-state index contributed by atoms with van der Waals surface area (Å²) in [5.41, 5.74) is 1.29. The lowest BCUT2D eigenvalue weighted by atomic mass is 9.95. The Kier molecular flexibility index (Phi) is 4.13. The number of anilines is 1. The Labute approximate surface area is 136 Å². The molecule has 1 amide bonds. The zero-order valence-electron chi connectivity index (χ0n) is 11.6. The Bertz CT molecular complexity index is 740. The molecule has 0 radical (unpaired) electrons. The molecule has 2 heterocycles. The van der Waals surface area contributed by atoms with Crippen molar-refractivity contribution in [2.45, 2.75) is 25.7 Å². The number of carboxylic acids is 1. The van der Waals surface area contributed by atoms with Crippen LogP contribution >= 0.6 is 22.9 Å². The lowest BCUT2D eigenvalue weighted by Crippen LogP contribution is -2.15. The molecule has 1 aliphatic rings. The van der Waals surface area contributed by atoms with Gasteiger partial charge in [0.1, 0.15) is 10.7 Å². The van der Waals surface area contributed by atoms with Gasteiger partial charge in [0, 0.05) is 11.1 Å². The minimum absolute atomic E-state index is 0.201. The SMILES string of the molecule is O=C(Nc1sc2c(c1C(=O)O)CCCC2)c1ccc(Cl)cn1. The third-order valence-corrected chi connectivity index (χ3v) is 5.00. The number of hydrogen-bond acceptors (Lipinski definition) is 4. The van der Waals surface area contributed by atoms with E-state index in [1.807, 2.05) is 0 Å². The smallest absolute Gasteiger partial charge is 0.339 e. The van der Waals surface area contributed by atoms with Crippen molar-refractivity contribution in [3.05, 3.63) is 45.1 Å². The van der Waals surface area contributed by atoms with Crippen molar-refractivity contribution < 1.29 is 14.7 Å². The maximum Gasteiger partial charge on any atom is 0.339 e. The molecule has 2 N–H and O–H groups in total. The molecule has 0 aliphatic heterocycles. The summed E-state index contributed by atoms with van der Waals surface area (Å²) in [6.45, 7) is 0. The van der Waals surface area contributed by atoms with E-state index in [0.29, 0.717) is 10.0 Å². The molecule has 0 saturated heterocycles. The molecule has 22 heavy (non-hydrogen) atoms. The quantitative estimate of drug-likeness (QED) is 0.897. The van der Waals surface area contributed by atoms with E-state index >= 15 is 0 Å². The normalized spacial score (nSPS) is 13.5. The van der Waals surface area contributed by atoms with Crippen LogP contribution in [0.2, 0.25) is 5.02 Å². The molecule has 0 atom stereocenters. The van der Waals surface area contributed by atoms with E-state index in [9.17, 15) is 14.7 Å². The monoisotopic (exact) mass is 336 g/mol. The van der Waals surface area contributed by atoms with Crippen LogP contribution in [0.3, 0.4) is 0 Å². The number of aromatic carboxylic acids is 1. The first-order valence-corrected chi connectivity index (χ1v) is 8.06. The Morgan fingerprint density at radius 1 is 1.27 bits per heavy atom. The molecule has 0 fully saturated rings. The van der Waals surface area contributed by atoms with Gasteiger partial charge in [-0.25, -0.2) is 9.78 Å². The van der Waals surface area contributed by atoms with Crippen molar-refractivity contribution in [3.8, 4) is 0 Å². The number of nitrogens with zero attached hydrogens (tertiary/aromatic N) is 1. The van der Waals surface area contributed by atoms with E-state index < -0.39 is 11.9 Å². The minimum Gasteiger partial charge on any atom is -0.478 e. The van der Waals surface area contributed by atoms with Crippen molar-refractivity contribution in [1.82, 2.24) is 4.98 Å². The van der Waals surface area contributed by atoms with Crippen molar-refractivity contribution in [2.75, 3.05) is 5.32 Å². The van der Waals surface area contributed by atoms with Crippen LogP contribution in [0.1, 0.15) is 44.1 Å². The molecule has 2 aromatic rings. The number of fused-ring (bicyclic) bond motifs is 1. The van der Waals surface area contributed by atoms with Gasteiger partial charge in [-0.2, -0.15) is 0 Å². The molecule has 0 saturated carbocycles. The number of aryl methyl sites for hydroxylation is 1. The van der Waals surface area contributed by atoms with Crippen LogP contribution < -0.4 is 5.32 Å². The summed E-state index contributed by atoms with van der Waals surface area (Å²) < 4.78 is 0. The number of rotatable bonds is 3. The third kappa shape index (κ3) is 2.84. The number of thiophene rings is 1. The minimum atomic E-state index is -1.00. The van der Waals surface area contributed by atoms with Crippen LogP contribution in [0.25, 0.3) is 0 Å². The van der Waals surface area contributed by atoms with Gasteiger partial charge in [-0.1, -0.05) is 11.6 Å². The van der Waals surface area contributed by atoms with E-state index in [1.165, 1.54) is 23.6 Å². The van der Waals surface area contributed by atoms with Crippen LogP contribution in [0, 0.1) is 0 Å². The first kappa shape index (κ1) is 15.0. The fourth-order valence-electron chi connectivity index (χ4n) is 2.56. The van der Waals surface area contributed by atoms with E-state index in [0.717, 1.165) is 36.1 Å². The van der Waals surface area contributed by atoms with Crippen LogP contribution in [-0.4, -0.2) is 22.0 Å². The van der Waals surface area contributed by atoms with Crippen LogP contribution in [-0.2, 0) is 12.8 Å². The third-order valence-electron chi connectivity index (χ3n) is 3.57. The number of nitrogens with one attached hydrogen (secondary N) is 1. The van der Waals surface area contributed by atoms with E-state index in [4.69, 9.17) is 11.6 Å². The number of aromatic nitrogens is 1. The topological polar surface area (TPSA) is 79.3 Å². The summed E-state index contributed by atoms with van der Waals surface area (Å²) >= 11 is 7.09. The molecule has 114 valence electrons. The Morgan fingerprint density at radius 2 is 2.05 bits per heavy atom. The maximum atomic E-state index is 12.2. The molecule has 0 aromatic carbocycles. The Morgan fingerprint density at radius 3 is 2.73 bits per heavy atom. The summed E-state index contributed by atoms with van der Waals surface area (Å²) in [5, 5.41) is 13.0. The standard InChI is InChI=1S/C15H13ClN2O3S/c16-8-5-6-10(17-7-8)13(19)18-14-12(15(20)21)9-3-1-2-4-11(9)22-14/h5-7H,1-4H2,(H,18,19)(H,20,21). The summed E-state index contributed by atoms with van der Waals surface area (Å²) in [6.07, 6.45) is 5.04. The molecule has 3 rings (SSSR count). The Hall–Kier alpha value is -1.92. The second-order valence-electron chi connectivity index (χ2n) is 5.04. The number of carboxylic acid groups (broad SMARTS) is 1. The first-order chi connectivity index (χ1) is 10.6. The predicted molar refractivity (Wildman–Crippen MR) is 85.1 cm³/mol. The van der Waals surface area contributed by atoms with Crippen LogP contribution in [0.15, 0.2) is 18.3 Å². The number of hydrogen-bond donors (Lipinski definition) is 2. The van der Waals surface area contributed by atoms with E-state index in [1.54, 1.807) is 6.07 Å². The second kappa shape index (κ2) is 6.06. The van der Waals surface area contributed by atoms with Gasteiger partial charge >= 0.3 is 5.97 Å². The second-order valence-corrected chi connectivity index (χ2v) is 6.58. The fraction of sp³-hybridized carbons (Fsp3) is 0.267. The van der Waals surface area contributed by atoms with Gasteiger partial charge in [-0.3, -0.25) is 4.79 Å². The van der Waals surface area contributed by atoms with Gasteiger partial charge in [-0.15, -0.1) is 11.3 Å². The van der Waals surface area contributed by atoms with Crippen molar-refractivity contribution in [3.63, 3.8) is 0 Å². The molecule has 0 bridgehead atoms. The lowest BCUT2D eigenvalue weighted by molar-refractivity contribution is 0.0697. The van der Waals surface area contributed by atoms with Crippen molar-refractivity contribution in [1.29, 1.82) is 0 Å². The molecule has 0 spiro atoms. The highest BCUT2D eigenvalue weighted by Crippen LogP contribution is 2.38. The summed E-state index contributed by atoms with van der Waals surface area (Å²) in [4.78, 5) is 28.8. The number of carbonyl (C=O) groups is 2.